The van der Waals surface area contributed by atoms with Crippen LogP contribution in [0.4, 0.5) is 0 Å². The van der Waals surface area contributed by atoms with Crippen molar-refractivity contribution in [3.8, 4) is 0 Å². The van der Waals surface area contributed by atoms with Crippen LogP contribution in [0.2, 0.25) is 0 Å². The summed E-state index contributed by atoms with van der Waals surface area (Å²) in [5, 5.41) is 0. The van der Waals surface area contributed by atoms with E-state index in [1.54, 1.807) is 0 Å². The summed E-state index contributed by atoms with van der Waals surface area (Å²) in [7, 11) is 0. The molecule has 2 aliphatic rings. The SMILES string of the molecule is CC[C@H]1C[C@H]2CC[C@@H]1C2=O. The van der Waals surface area contributed by atoms with Crippen LogP contribution >= 0.6 is 0 Å². The van der Waals surface area contributed by atoms with E-state index < -0.39 is 0 Å². The zero-order chi connectivity index (χ0) is 7.14. The van der Waals surface area contributed by atoms with Crippen LogP contribution in [0.1, 0.15) is 32.6 Å². The molecule has 0 saturated heterocycles. The third-order valence-electron chi connectivity index (χ3n) is 3.27. The lowest BCUT2D eigenvalue weighted by atomic mass is 9.87. The summed E-state index contributed by atoms with van der Waals surface area (Å²) >= 11 is 0. The molecule has 0 spiro atoms. The van der Waals surface area contributed by atoms with Gasteiger partial charge < -0.3 is 0 Å². The maximum Gasteiger partial charge on any atom is 0.139 e. The quantitative estimate of drug-likeness (QED) is 0.541. The topological polar surface area (TPSA) is 17.1 Å². The van der Waals surface area contributed by atoms with Gasteiger partial charge in [0.2, 0.25) is 0 Å². The summed E-state index contributed by atoms with van der Waals surface area (Å²) in [6.45, 7) is 2.21. The van der Waals surface area contributed by atoms with Crippen molar-refractivity contribution < 1.29 is 4.79 Å². The van der Waals surface area contributed by atoms with Crippen molar-refractivity contribution in [2.75, 3.05) is 0 Å². The second-order valence-corrected chi connectivity index (χ2v) is 3.69. The molecule has 1 heteroatoms. The Balaban J connectivity index is 2.16. The normalized spacial score (nSPS) is 44.9. The van der Waals surface area contributed by atoms with Gasteiger partial charge >= 0.3 is 0 Å². The molecule has 2 saturated carbocycles. The maximum absolute atomic E-state index is 11.3. The Labute approximate surface area is 61.8 Å². The maximum atomic E-state index is 11.3. The van der Waals surface area contributed by atoms with Crippen molar-refractivity contribution in [2.45, 2.75) is 32.6 Å². The minimum atomic E-state index is 0.481. The van der Waals surface area contributed by atoms with Gasteiger partial charge in [0, 0.05) is 11.8 Å². The molecule has 0 amide bonds. The predicted molar refractivity (Wildman–Crippen MR) is 39.6 cm³/mol. The number of fused-ring (bicyclic) bond motifs is 2. The highest BCUT2D eigenvalue weighted by atomic mass is 16.1. The molecule has 3 atom stereocenters. The van der Waals surface area contributed by atoms with Crippen molar-refractivity contribution in [3.63, 3.8) is 0 Å². The Morgan fingerprint density at radius 2 is 2.30 bits per heavy atom. The minimum absolute atomic E-state index is 0.481. The van der Waals surface area contributed by atoms with Crippen LogP contribution in [0.15, 0.2) is 0 Å². The number of carbonyl (C=O) groups is 1. The van der Waals surface area contributed by atoms with E-state index in [9.17, 15) is 4.79 Å². The van der Waals surface area contributed by atoms with E-state index in [1.165, 1.54) is 25.7 Å². The van der Waals surface area contributed by atoms with Crippen LogP contribution < -0.4 is 0 Å². The van der Waals surface area contributed by atoms with Gasteiger partial charge in [-0.2, -0.15) is 0 Å². The summed E-state index contributed by atoms with van der Waals surface area (Å²) in [5.74, 6) is 2.31. The first kappa shape index (κ1) is 6.38. The number of hydrogen-bond donors (Lipinski definition) is 0. The van der Waals surface area contributed by atoms with Crippen LogP contribution in [-0.2, 0) is 4.79 Å². The van der Waals surface area contributed by atoms with Gasteiger partial charge in [0.1, 0.15) is 5.78 Å². The fraction of sp³-hybridized carbons (Fsp3) is 0.889. The second-order valence-electron chi connectivity index (χ2n) is 3.69. The van der Waals surface area contributed by atoms with Gasteiger partial charge in [0.15, 0.2) is 0 Å². The fourth-order valence-electron chi connectivity index (χ4n) is 2.65. The van der Waals surface area contributed by atoms with Crippen LogP contribution in [0.3, 0.4) is 0 Å². The molecular formula is C9H14O. The Morgan fingerprint density at radius 1 is 1.50 bits per heavy atom. The molecule has 2 bridgehead atoms. The summed E-state index contributed by atoms with van der Waals surface area (Å²) in [4.78, 5) is 11.3. The van der Waals surface area contributed by atoms with Gasteiger partial charge in [-0.3, -0.25) is 4.79 Å². The summed E-state index contributed by atoms with van der Waals surface area (Å²) in [6.07, 6.45) is 4.81. The number of Topliss-reactive ketones (excluding diaryl/α,β-unsaturated/α-hetero) is 1. The van der Waals surface area contributed by atoms with Crippen molar-refractivity contribution in [3.05, 3.63) is 0 Å². The molecule has 0 unspecified atom stereocenters. The summed E-state index contributed by atoms with van der Waals surface area (Å²) in [5.41, 5.74) is 0. The fourth-order valence-corrected chi connectivity index (χ4v) is 2.65. The molecule has 1 nitrogen and oxygen atoms in total. The Kier molecular flexibility index (Phi) is 1.33. The van der Waals surface area contributed by atoms with Crippen LogP contribution in [0.25, 0.3) is 0 Å². The highest BCUT2D eigenvalue weighted by Crippen LogP contribution is 2.46. The van der Waals surface area contributed by atoms with Gasteiger partial charge in [-0.1, -0.05) is 13.3 Å². The highest BCUT2D eigenvalue weighted by molar-refractivity contribution is 5.87. The molecule has 0 aliphatic heterocycles. The molecule has 2 aliphatic carbocycles. The van der Waals surface area contributed by atoms with Gasteiger partial charge in [-0.05, 0) is 25.2 Å². The molecule has 0 radical (unpaired) electrons. The van der Waals surface area contributed by atoms with Gasteiger partial charge in [0.05, 0.1) is 0 Å². The molecule has 0 heterocycles. The molecule has 0 N–H and O–H groups in total. The lowest BCUT2D eigenvalue weighted by Gasteiger charge is -2.16. The van der Waals surface area contributed by atoms with Crippen molar-refractivity contribution in [2.24, 2.45) is 17.8 Å². The van der Waals surface area contributed by atoms with Crippen LogP contribution in [0, 0.1) is 17.8 Å². The number of ketones is 1. The van der Waals surface area contributed by atoms with E-state index >= 15 is 0 Å². The van der Waals surface area contributed by atoms with E-state index in [0.717, 1.165) is 5.92 Å². The zero-order valence-electron chi connectivity index (χ0n) is 6.47. The highest BCUT2D eigenvalue weighted by Gasteiger charge is 2.45. The Hall–Kier alpha value is -0.330. The Bertz CT molecular complexity index is 162. The second kappa shape index (κ2) is 2.08. The molecule has 0 aromatic heterocycles. The lowest BCUT2D eigenvalue weighted by Crippen LogP contribution is -2.10. The van der Waals surface area contributed by atoms with Crippen LogP contribution in [-0.4, -0.2) is 5.78 Å². The molecular weight excluding hydrogens is 124 g/mol. The first-order valence-corrected chi connectivity index (χ1v) is 4.36. The average molecular weight is 138 g/mol. The van der Waals surface area contributed by atoms with E-state index in [4.69, 9.17) is 0 Å². The third kappa shape index (κ3) is 0.664. The van der Waals surface area contributed by atoms with Crippen molar-refractivity contribution in [1.29, 1.82) is 0 Å². The first-order valence-electron chi connectivity index (χ1n) is 4.36. The third-order valence-corrected chi connectivity index (χ3v) is 3.27. The standard InChI is InChI=1S/C9H14O/c1-2-6-5-7-3-4-8(6)9(7)10/h6-8H,2-5H2,1H3/t6-,7+,8-/m0/s1. The van der Waals surface area contributed by atoms with Crippen molar-refractivity contribution >= 4 is 5.78 Å². The van der Waals surface area contributed by atoms with E-state index in [2.05, 4.69) is 6.92 Å². The molecule has 2 fully saturated rings. The number of carbonyl (C=O) groups excluding carboxylic acids is 1. The largest absolute Gasteiger partial charge is 0.299 e. The van der Waals surface area contributed by atoms with E-state index in [-0.39, 0.29) is 0 Å². The predicted octanol–water partition coefficient (Wildman–Crippen LogP) is 2.01. The molecule has 10 heavy (non-hydrogen) atoms. The molecule has 0 aromatic rings. The number of hydrogen-bond acceptors (Lipinski definition) is 1. The van der Waals surface area contributed by atoms with Crippen molar-refractivity contribution in [1.82, 2.24) is 0 Å². The minimum Gasteiger partial charge on any atom is -0.299 e. The summed E-state index contributed by atoms with van der Waals surface area (Å²) in [6, 6.07) is 0. The van der Waals surface area contributed by atoms with E-state index in [1.807, 2.05) is 0 Å². The smallest absolute Gasteiger partial charge is 0.139 e. The molecule has 56 valence electrons. The lowest BCUT2D eigenvalue weighted by molar-refractivity contribution is -0.121. The Morgan fingerprint density at radius 3 is 2.60 bits per heavy atom. The first-order chi connectivity index (χ1) is 4.83. The molecule has 2 rings (SSSR count). The van der Waals surface area contributed by atoms with Gasteiger partial charge in [0.25, 0.3) is 0 Å². The van der Waals surface area contributed by atoms with Crippen LogP contribution in [0.5, 0.6) is 0 Å². The molecule has 0 aromatic carbocycles. The monoisotopic (exact) mass is 138 g/mol. The van der Waals surface area contributed by atoms with Gasteiger partial charge in [-0.25, -0.2) is 0 Å². The van der Waals surface area contributed by atoms with E-state index in [0.29, 0.717) is 17.6 Å². The zero-order valence-corrected chi connectivity index (χ0v) is 6.47. The summed E-state index contributed by atoms with van der Waals surface area (Å²) < 4.78 is 0. The number of rotatable bonds is 1. The average Bonchev–Trinajstić information content (AvgIpc) is 2.46. The van der Waals surface area contributed by atoms with Gasteiger partial charge in [-0.15, -0.1) is 0 Å².